The summed E-state index contributed by atoms with van der Waals surface area (Å²) >= 11 is 0. The zero-order valence-corrected chi connectivity index (χ0v) is 16.9. The SMILES string of the molecule is CCCOC1CC(OCC(=O)NC(COCC)(COCC)COCC)C1. The van der Waals surface area contributed by atoms with Gasteiger partial charge >= 0.3 is 0 Å². The molecule has 0 aromatic heterocycles. The molecular weight excluding hydrogens is 338 g/mol. The first-order valence-corrected chi connectivity index (χ1v) is 9.86. The van der Waals surface area contributed by atoms with Crippen LogP contribution in [0.1, 0.15) is 47.0 Å². The molecule has 1 aliphatic carbocycles. The van der Waals surface area contributed by atoms with E-state index in [1.807, 2.05) is 20.8 Å². The molecule has 0 saturated heterocycles. The van der Waals surface area contributed by atoms with Crippen LogP contribution in [0.15, 0.2) is 0 Å². The van der Waals surface area contributed by atoms with Crippen molar-refractivity contribution in [2.75, 3.05) is 52.9 Å². The van der Waals surface area contributed by atoms with Crippen LogP contribution in [0.5, 0.6) is 0 Å². The Kier molecular flexibility index (Phi) is 12.0. The molecule has 0 spiro atoms. The van der Waals surface area contributed by atoms with Gasteiger partial charge in [0.1, 0.15) is 12.1 Å². The molecule has 0 radical (unpaired) electrons. The number of ether oxygens (including phenoxy) is 5. The predicted molar refractivity (Wildman–Crippen MR) is 99.4 cm³/mol. The Morgan fingerprint density at radius 2 is 1.38 bits per heavy atom. The van der Waals surface area contributed by atoms with Crippen LogP contribution in [-0.4, -0.2) is 76.5 Å². The van der Waals surface area contributed by atoms with Gasteiger partial charge in [-0.05, 0) is 40.0 Å². The van der Waals surface area contributed by atoms with Crippen molar-refractivity contribution in [2.24, 2.45) is 0 Å². The third-order valence-electron chi connectivity index (χ3n) is 4.21. The summed E-state index contributed by atoms with van der Waals surface area (Å²) < 4.78 is 28.1. The number of nitrogens with one attached hydrogen (secondary N) is 1. The van der Waals surface area contributed by atoms with Crippen molar-refractivity contribution < 1.29 is 28.5 Å². The van der Waals surface area contributed by atoms with Crippen molar-refractivity contribution in [1.29, 1.82) is 0 Å². The van der Waals surface area contributed by atoms with Gasteiger partial charge in [0.2, 0.25) is 5.91 Å². The first kappa shape index (κ1) is 23.3. The molecule has 1 aliphatic rings. The van der Waals surface area contributed by atoms with E-state index < -0.39 is 5.54 Å². The lowest BCUT2D eigenvalue weighted by Crippen LogP contribution is -2.59. The molecule has 1 fully saturated rings. The Morgan fingerprint density at radius 3 is 1.85 bits per heavy atom. The summed E-state index contributed by atoms with van der Waals surface area (Å²) in [4.78, 5) is 12.4. The number of amides is 1. The van der Waals surface area contributed by atoms with Gasteiger partial charge in [0.15, 0.2) is 0 Å². The monoisotopic (exact) mass is 375 g/mol. The zero-order valence-electron chi connectivity index (χ0n) is 16.9. The highest BCUT2D eigenvalue weighted by Gasteiger charge is 2.35. The lowest BCUT2D eigenvalue weighted by atomic mass is 9.92. The summed E-state index contributed by atoms with van der Waals surface area (Å²) in [5.74, 6) is -0.179. The molecule has 0 aromatic rings. The van der Waals surface area contributed by atoms with Crippen molar-refractivity contribution in [1.82, 2.24) is 5.32 Å². The molecule has 0 unspecified atom stereocenters. The molecule has 0 bridgehead atoms. The molecule has 0 aliphatic heterocycles. The Morgan fingerprint density at radius 1 is 0.885 bits per heavy atom. The van der Waals surface area contributed by atoms with E-state index in [4.69, 9.17) is 23.7 Å². The summed E-state index contributed by atoms with van der Waals surface area (Å²) in [6, 6.07) is 0. The molecular formula is C19H37NO6. The third-order valence-corrected chi connectivity index (χ3v) is 4.21. The van der Waals surface area contributed by atoms with Crippen LogP contribution in [0, 0.1) is 0 Å². The highest BCUT2D eigenvalue weighted by Crippen LogP contribution is 2.26. The van der Waals surface area contributed by atoms with E-state index in [1.165, 1.54) is 0 Å². The van der Waals surface area contributed by atoms with Crippen molar-refractivity contribution in [2.45, 2.75) is 64.7 Å². The minimum atomic E-state index is -0.700. The molecule has 1 N–H and O–H groups in total. The number of carbonyl (C=O) groups is 1. The summed E-state index contributed by atoms with van der Waals surface area (Å²) in [5, 5.41) is 3.01. The maximum absolute atomic E-state index is 12.4. The Bertz CT molecular complexity index is 351. The third kappa shape index (κ3) is 8.77. The summed E-state index contributed by atoms with van der Waals surface area (Å²) in [5.41, 5.74) is -0.700. The van der Waals surface area contributed by atoms with Gasteiger partial charge in [-0.15, -0.1) is 0 Å². The standard InChI is InChI=1S/C19H37NO6/c1-5-9-25-16-10-17(11-16)26-12-18(21)20-19(13-22-6-2,14-23-7-3)15-24-8-4/h16-17H,5-15H2,1-4H3,(H,20,21). The molecule has 7 nitrogen and oxygen atoms in total. The van der Waals surface area contributed by atoms with Crippen molar-refractivity contribution >= 4 is 5.91 Å². The van der Waals surface area contributed by atoms with Crippen LogP contribution in [0.4, 0.5) is 0 Å². The normalized spacial score (nSPS) is 20.0. The fourth-order valence-electron chi connectivity index (χ4n) is 2.73. The smallest absolute Gasteiger partial charge is 0.246 e. The largest absolute Gasteiger partial charge is 0.379 e. The minimum Gasteiger partial charge on any atom is -0.379 e. The van der Waals surface area contributed by atoms with E-state index in [1.54, 1.807) is 0 Å². The molecule has 7 heteroatoms. The summed E-state index contributed by atoms with van der Waals surface area (Å²) in [7, 11) is 0. The van der Waals surface area contributed by atoms with E-state index in [9.17, 15) is 4.79 Å². The van der Waals surface area contributed by atoms with Gasteiger partial charge in [-0.2, -0.15) is 0 Å². The Hall–Kier alpha value is -0.730. The highest BCUT2D eigenvalue weighted by molar-refractivity contribution is 5.78. The van der Waals surface area contributed by atoms with Gasteiger partial charge in [0, 0.05) is 26.4 Å². The first-order valence-electron chi connectivity index (χ1n) is 9.86. The molecule has 154 valence electrons. The second-order valence-corrected chi connectivity index (χ2v) is 6.64. The average molecular weight is 376 g/mol. The number of carbonyl (C=O) groups excluding carboxylic acids is 1. The number of rotatable bonds is 16. The molecule has 0 atom stereocenters. The van der Waals surface area contributed by atoms with Crippen LogP contribution in [0.2, 0.25) is 0 Å². The van der Waals surface area contributed by atoms with Crippen LogP contribution in [0.3, 0.4) is 0 Å². The molecule has 0 heterocycles. The number of hydrogen-bond acceptors (Lipinski definition) is 6. The Balaban J connectivity index is 2.44. The van der Waals surface area contributed by atoms with Crippen LogP contribution in [-0.2, 0) is 28.5 Å². The van der Waals surface area contributed by atoms with Crippen molar-refractivity contribution in [3.05, 3.63) is 0 Å². The van der Waals surface area contributed by atoms with Gasteiger partial charge in [-0.1, -0.05) is 6.92 Å². The zero-order chi connectivity index (χ0) is 19.3. The maximum Gasteiger partial charge on any atom is 0.246 e. The molecule has 1 amide bonds. The first-order chi connectivity index (χ1) is 12.6. The lowest BCUT2D eigenvalue weighted by Gasteiger charge is -2.36. The van der Waals surface area contributed by atoms with Crippen LogP contribution in [0.25, 0.3) is 0 Å². The van der Waals surface area contributed by atoms with E-state index >= 15 is 0 Å². The van der Waals surface area contributed by atoms with Crippen LogP contribution >= 0.6 is 0 Å². The van der Waals surface area contributed by atoms with Gasteiger partial charge in [-0.3, -0.25) is 4.79 Å². The van der Waals surface area contributed by atoms with Gasteiger partial charge in [-0.25, -0.2) is 0 Å². The number of hydrogen-bond donors (Lipinski definition) is 1. The predicted octanol–water partition coefficient (Wildman–Crippen LogP) is 1.93. The minimum absolute atomic E-state index is 0.0251. The fraction of sp³-hybridized carbons (Fsp3) is 0.947. The van der Waals surface area contributed by atoms with E-state index in [-0.39, 0.29) is 24.7 Å². The van der Waals surface area contributed by atoms with Gasteiger partial charge in [0.25, 0.3) is 0 Å². The van der Waals surface area contributed by atoms with E-state index in [0.717, 1.165) is 25.9 Å². The second-order valence-electron chi connectivity index (χ2n) is 6.64. The van der Waals surface area contributed by atoms with E-state index in [2.05, 4.69) is 12.2 Å². The van der Waals surface area contributed by atoms with Gasteiger partial charge in [0.05, 0.1) is 32.0 Å². The summed E-state index contributed by atoms with van der Waals surface area (Å²) in [6.45, 7) is 11.4. The molecule has 1 saturated carbocycles. The maximum atomic E-state index is 12.4. The fourth-order valence-corrected chi connectivity index (χ4v) is 2.73. The quantitative estimate of drug-likeness (QED) is 0.444. The lowest BCUT2D eigenvalue weighted by molar-refractivity contribution is -0.142. The van der Waals surface area contributed by atoms with Crippen molar-refractivity contribution in [3.63, 3.8) is 0 Å². The average Bonchev–Trinajstić information content (AvgIpc) is 2.61. The van der Waals surface area contributed by atoms with Crippen LogP contribution < -0.4 is 5.32 Å². The second kappa shape index (κ2) is 13.4. The van der Waals surface area contributed by atoms with Crippen molar-refractivity contribution in [3.8, 4) is 0 Å². The molecule has 26 heavy (non-hydrogen) atoms. The topological polar surface area (TPSA) is 75.3 Å². The van der Waals surface area contributed by atoms with E-state index in [0.29, 0.717) is 39.6 Å². The van der Waals surface area contributed by atoms with Gasteiger partial charge < -0.3 is 29.0 Å². The Labute approximate surface area is 158 Å². The molecule has 0 aromatic carbocycles. The molecule has 1 rings (SSSR count). The summed E-state index contributed by atoms with van der Waals surface area (Å²) in [6.07, 6.45) is 3.11. The highest BCUT2D eigenvalue weighted by atomic mass is 16.5.